The molecule has 0 bridgehead atoms. The lowest BCUT2D eigenvalue weighted by atomic mass is 10.2. The second-order valence-corrected chi connectivity index (χ2v) is 5.97. The molecule has 0 amide bonds. The molecule has 26 heavy (non-hydrogen) atoms. The van der Waals surface area contributed by atoms with Gasteiger partial charge in [-0.25, -0.2) is 4.39 Å². The summed E-state index contributed by atoms with van der Waals surface area (Å²) in [6, 6.07) is 12.8. The topological polar surface area (TPSA) is 54.9 Å². The van der Waals surface area contributed by atoms with Crippen molar-refractivity contribution in [2.75, 3.05) is 20.7 Å². The van der Waals surface area contributed by atoms with E-state index in [4.69, 9.17) is 9.47 Å². The van der Waals surface area contributed by atoms with Gasteiger partial charge in [0.15, 0.2) is 17.5 Å². The van der Waals surface area contributed by atoms with Crippen molar-refractivity contribution in [2.45, 2.75) is 26.5 Å². The molecular weight excluding hydrogens is 333 g/mol. The second-order valence-electron chi connectivity index (χ2n) is 5.97. The molecule has 0 radical (unpaired) electrons. The maximum atomic E-state index is 13.7. The van der Waals surface area contributed by atoms with E-state index < -0.39 is 0 Å². The Morgan fingerprint density at radius 2 is 1.92 bits per heavy atom. The highest BCUT2D eigenvalue weighted by Gasteiger charge is 2.08. The molecule has 0 fully saturated rings. The van der Waals surface area contributed by atoms with E-state index in [1.165, 1.54) is 13.2 Å². The molecular formula is C20H26FN3O2. The Morgan fingerprint density at radius 1 is 1.15 bits per heavy atom. The predicted octanol–water partition coefficient (Wildman–Crippen LogP) is 3.28. The van der Waals surface area contributed by atoms with Gasteiger partial charge in [-0.1, -0.05) is 24.3 Å². The molecule has 5 nitrogen and oxygen atoms in total. The van der Waals surface area contributed by atoms with Crippen LogP contribution in [0.3, 0.4) is 0 Å². The minimum absolute atomic E-state index is 0.0342. The van der Waals surface area contributed by atoms with Gasteiger partial charge in [-0.05, 0) is 43.2 Å². The third kappa shape index (κ3) is 5.65. The van der Waals surface area contributed by atoms with E-state index in [1.54, 1.807) is 13.1 Å². The van der Waals surface area contributed by atoms with Crippen LogP contribution in [0.4, 0.5) is 4.39 Å². The Bertz CT molecular complexity index is 750. The number of halogens is 1. The number of guanidine groups is 1. The maximum Gasteiger partial charge on any atom is 0.191 e. The molecule has 0 heterocycles. The summed E-state index contributed by atoms with van der Waals surface area (Å²) in [6.07, 6.45) is -0.0342. The Balaban J connectivity index is 1.82. The Labute approximate surface area is 154 Å². The fourth-order valence-electron chi connectivity index (χ4n) is 2.41. The lowest BCUT2D eigenvalue weighted by molar-refractivity contribution is 0.222. The standard InChI is InChI=1S/C20H26FN3O2/c1-14-7-5-6-8-18(14)26-15(2)12-23-20(22-3)24-13-16-9-10-19(25-4)17(21)11-16/h5-11,15H,12-13H2,1-4H3,(H2,22,23,24). The normalized spacial score (nSPS) is 12.4. The van der Waals surface area contributed by atoms with E-state index in [0.717, 1.165) is 16.9 Å². The van der Waals surface area contributed by atoms with Crippen molar-refractivity contribution in [1.29, 1.82) is 0 Å². The van der Waals surface area contributed by atoms with Crippen LogP contribution in [0.25, 0.3) is 0 Å². The summed E-state index contributed by atoms with van der Waals surface area (Å²) < 4.78 is 24.6. The first-order valence-electron chi connectivity index (χ1n) is 8.52. The summed E-state index contributed by atoms with van der Waals surface area (Å²) in [5.74, 6) is 1.35. The van der Waals surface area contributed by atoms with E-state index in [0.29, 0.717) is 19.0 Å². The van der Waals surface area contributed by atoms with Gasteiger partial charge in [0.05, 0.1) is 13.7 Å². The second kappa shape index (κ2) is 9.65. The van der Waals surface area contributed by atoms with Gasteiger partial charge in [0.1, 0.15) is 11.9 Å². The molecule has 140 valence electrons. The number of hydrogen-bond donors (Lipinski definition) is 2. The molecule has 1 unspecified atom stereocenters. The number of methoxy groups -OCH3 is 1. The van der Waals surface area contributed by atoms with Crippen LogP contribution in [-0.4, -0.2) is 32.8 Å². The highest BCUT2D eigenvalue weighted by Crippen LogP contribution is 2.18. The molecule has 0 aliphatic heterocycles. The van der Waals surface area contributed by atoms with E-state index in [1.807, 2.05) is 44.2 Å². The third-order valence-corrected chi connectivity index (χ3v) is 3.88. The van der Waals surface area contributed by atoms with E-state index >= 15 is 0 Å². The van der Waals surface area contributed by atoms with Gasteiger partial charge in [0.25, 0.3) is 0 Å². The lowest BCUT2D eigenvalue weighted by Gasteiger charge is -2.19. The SMILES string of the molecule is CN=C(NCc1ccc(OC)c(F)c1)NCC(C)Oc1ccccc1C. The van der Waals surface area contributed by atoms with Crippen molar-refractivity contribution in [3.8, 4) is 11.5 Å². The van der Waals surface area contributed by atoms with Gasteiger partial charge in [0, 0.05) is 13.6 Å². The number of nitrogens with one attached hydrogen (secondary N) is 2. The van der Waals surface area contributed by atoms with Crippen molar-refractivity contribution in [3.63, 3.8) is 0 Å². The molecule has 2 aromatic rings. The monoisotopic (exact) mass is 359 g/mol. The highest BCUT2D eigenvalue weighted by atomic mass is 19.1. The summed E-state index contributed by atoms with van der Waals surface area (Å²) in [4.78, 5) is 4.18. The number of rotatable bonds is 7. The number of benzene rings is 2. The molecule has 2 aromatic carbocycles. The minimum Gasteiger partial charge on any atom is -0.494 e. The molecule has 0 aliphatic rings. The number of hydrogen-bond acceptors (Lipinski definition) is 3. The summed E-state index contributed by atoms with van der Waals surface area (Å²) >= 11 is 0. The smallest absolute Gasteiger partial charge is 0.191 e. The number of aryl methyl sites for hydroxylation is 1. The fraction of sp³-hybridized carbons (Fsp3) is 0.350. The zero-order valence-corrected chi connectivity index (χ0v) is 15.7. The van der Waals surface area contributed by atoms with Crippen molar-refractivity contribution in [1.82, 2.24) is 10.6 Å². The van der Waals surface area contributed by atoms with Crippen LogP contribution in [0.5, 0.6) is 11.5 Å². The third-order valence-electron chi connectivity index (χ3n) is 3.88. The van der Waals surface area contributed by atoms with Crippen LogP contribution >= 0.6 is 0 Å². The summed E-state index contributed by atoms with van der Waals surface area (Å²) in [6.45, 7) is 5.05. The lowest BCUT2D eigenvalue weighted by Crippen LogP contribution is -2.41. The van der Waals surface area contributed by atoms with Crippen LogP contribution in [0, 0.1) is 12.7 Å². The van der Waals surface area contributed by atoms with Crippen molar-refractivity contribution >= 4 is 5.96 Å². The van der Waals surface area contributed by atoms with Crippen molar-refractivity contribution < 1.29 is 13.9 Å². The molecule has 2 N–H and O–H groups in total. The number of nitrogens with zero attached hydrogens (tertiary/aromatic N) is 1. The summed E-state index contributed by atoms with van der Waals surface area (Å²) in [5.41, 5.74) is 1.90. The molecule has 1 atom stereocenters. The zero-order chi connectivity index (χ0) is 18.9. The number of para-hydroxylation sites is 1. The van der Waals surface area contributed by atoms with Crippen molar-refractivity contribution in [2.24, 2.45) is 4.99 Å². The van der Waals surface area contributed by atoms with Crippen LogP contribution in [0.15, 0.2) is 47.5 Å². The quantitative estimate of drug-likeness (QED) is 0.588. The first-order chi connectivity index (χ1) is 12.5. The summed E-state index contributed by atoms with van der Waals surface area (Å²) in [7, 11) is 3.14. The van der Waals surface area contributed by atoms with E-state index in [2.05, 4.69) is 15.6 Å². The fourth-order valence-corrected chi connectivity index (χ4v) is 2.41. The molecule has 0 saturated heterocycles. The average molecular weight is 359 g/mol. The molecule has 0 spiro atoms. The predicted molar refractivity (Wildman–Crippen MR) is 102 cm³/mol. The Kier molecular flexibility index (Phi) is 7.26. The van der Waals surface area contributed by atoms with Crippen LogP contribution in [-0.2, 0) is 6.54 Å². The van der Waals surface area contributed by atoms with Crippen LogP contribution in [0.2, 0.25) is 0 Å². The van der Waals surface area contributed by atoms with Gasteiger partial charge in [-0.3, -0.25) is 4.99 Å². The van der Waals surface area contributed by atoms with Crippen LogP contribution < -0.4 is 20.1 Å². The van der Waals surface area contributed by atoms with E-state index in [9.17, 15) is 4.39 Å². The van der Waals surface area contributed by atoms with Gasteiger partial charge in [-0.2, -0.15) is 0 Å². The van der Waals surface area contributed by atoms with Gasteiger partial charge < -0.3 is 20.1 Å². The van der Waals surface area contributed by atoms with Gasteiger partial charge >= 0.3 is 0 Å². The Hall–Kier alpha value is -2.76. The molecule has 0 saturated carbocycles. The number of ether oxygens (including phenoxy) is 2. The largest absolute Gasteiger partial charge is 0.494 e. The summed E-state index contributed by atoms with van der Waals surface area (Å²) in [5, 5.41) is 6.37. The maximum absolute atomic E-state index is 13.7. The average Bonchev–Trinajstić information content (AvgIpc) is 2.64. The Morgan fingerprint density at radius 3 is 2.58 bits per heavy atom. The van der Waals surface area contributed by atoms with Gasteiger partial charge in [-0.15, -0.1) is 0 Å². The first-order valence-corrected chi connectivity index (χ1v) is 8.52. The first kappa shape index (κ1) is 19.6. The van der Waals surface area contributed by atoms with Crippen molar-refractivity contribution in [3.05, 3.63) is 59.4 Å². The molecule has 6 heteroatoms. The zero-order valence-electron chi connectivity index (χ0n) is 15.7. The molecule has 0 aliphatic carbocycles. The molecule has 0 aromatic heterocycles. The van der Waals surface area contributed by atoms with E-state index in [-0.39, 0.29) is 17.7 Å². The van der Waals surface area contributed by atoms with Gasteiger partial charge in [0.2, 0.25) is 0 Å². The molecule has 2 rings (SSSR count). The minimum atomic E-state index is -0.380. The number of aliphatic imine (C=N–C) groups is 1. The highest BCUT2D eigenvalue weighted by molar-refractivity contribution is 5.79. The van der Waals surface area contributed by atoms with Crippen LogP contribution in [0.1, 0.15) is 18.1 Å².